The number of ether oxygens (including phenoxy) is 1. The molecule has 1 saturated heterocycles. The molecular formula is C10H19NO. The molecule has 2 atom stereocenters. The molecule has 0 saturated carbocycles. The van der Waals surface area contributed by atoms with Crippen LogP contribution in [0.25, 0.3) is 0 Å². The monoisotopic (exact) mass is 169 g/mol. The van der Waals surface area contributed by atoms with E-state index < -0.39 is 0 Å². The van der Waals surface area contributed by atoms with Crippen LogP contribution in [0.5, 0.6) is 0 Å². The van der Waals surface area contributed by atoms with Gasteiger partial charge in [0.25, 0.3) is 0 Å². The smallest absolute Gasteiger partial charge is 0.0707 e. The van der Waals surface area contributed by atoms with Crippen molar-refractivity contribution in [3.05, 3.63) is 0 Å². The van der Waals surface area contributed by atoms with Gasteiger partial charge in [-0.15, -0.1) is 0 Å². The zero-order valence-electron chi connectivity index (χ0n) is 8.34. The Labute approximate surface area is 75.5 Å². The van der Waals surface area contributed by atoms with Crippen LogP contribution in [-0.2, 0) is 4.74 Å². The van der Waals surface area contributed by atoms with Crippen molar-refractivity contribution in [1.29, 1.82) is 5.26 Å². The summed E-state index contributed by atoms with van der Waals surface area (Å²) >= 11 is 0. The van der Waals surface area contributed by atoms with Crippen LogP contribution in [0.3, 0.4) is 0 Å². The highest BCUT2D eigenvalue weighted by molar-refractivity contribution is 4.79. The van der Waals surface area contributed by atoms with Crippen LogP contribution in [0.15, 0.2) is 0 Å². The summed E-state index contributed by atoms with van der Waals surface area (Å²) in [5.74, 6) is 0.743. The second-order valence-electron chi connectivity index (χ2n) is 2.98. The second kappa shape index (κ2) is 7.12. The summed E-state index contributed by atoms with van der Waals surface area (Å²) in [6.45, 7) is 7.06. The van der Waals surface area contributed by atoms with E-state index in [0.29, 0.717) is 6.42 Å². The third kappa shape index (κ3) is 4.35. The summed E-state index contributed by atoms with van der Waals surface area (Å²) in [6.07, 6.45) is 2.99. The van der Waals surface area contributed by atoms with E-state index in [-0.39, 0.29) is 6.10 Å². The van der Waals surface area contributed by atoms with Gasteiger partial charge in [0.1, 0.15) is 0 Å². The zero-order chi connectivity index (χ0) is 9.40. The number of hydrogen-bond acceptors (Lipinski definition) is 2. The molecule has 2 unspecified atom stereocenters. The zero-order valence-corrected chi connectivity index (χ0v) is 8.34. The van der Waals surface area contributed by atoms with Crippen LogP contribution in [0.1, 0.15) is 40.0 Å². The van der Waals surface area contributed by atoms with Crippen molar-refractivity contribution in [2.75, 3.05) is 6.61 Å². The van der Waals surface area contributed by atoms with E-state index in [1.54, 1.807) is 0 Å². The van der Waals surface area contributed by atoms with Crippen molar-refractivity contribution in [3.8, 4) is 6.07 Å². The molecule has 2 heteroatoms. The summed E-state index contributed by atoms with van der Waals surface area (Å²) in [4.78, 5) is 0. The number of nitriles is 1. The van der Waals surface area contributed by atoms with Gasteiger partial charge in [0.2, 0.25) is 0 Å². The van der Waals surface area contributed by atoms with Crippen LogP contribution in [0.2, 0.25) is 0 Å². The van der Waals surface area contributed by atoms with Crippen molar-refractivity contribution < 1.29 is 4.74 Å². The van der Waals surface area contributed by atoms with Crippen molar-refractivity contribution >= 4 is 0 Å². The number of rotatable bonds is 1. The highest BCUT2D eigenvalue weighted by atomic mass is 16.5. The van der Waals surface area contributed by atoms with E-state index in [2.05, 4.69) is 13.0 Å². The van der Waals surface area contributed by atoms with Crippen LogP contribution >= 0.6 is 0 Å². The Morgan fingerprint density at radius 1 is 1.50 bits per heavy atom. The molecule has 2 nitrogen and oxygen atoms in total. The van der Waals surface area contributed by atoms with E-state index in [4.69, 9.17) is 10.00 Å². The lowest BCUT2D eigenvalue weighted by Crippen LogP contribution is -2.23. The van der Waals surface area contributed by atoms with Gasteiger partial charge in [-0.2, -0.15) is 5.26 Å². The standard InChI is InChI=1S/C8H13NO.C2H6/c1-7-3-5-10-8(6-7)2-4-9;1-2/h7-8H,2-3,5-6H2,1H3;1-2H3. The van der Waals surface area contributed by atoms with E-state index in [0.717, 1.165) is 25.4 Å². The topological polar surface area (TPSA) is 33.0 Å². The minimum atomic E-state index is 0.216. The normalized spacial score (nSPS) is 28.2. The van der Waals surface area contributed by atoms with E-state index in [9.17, 15) is 0 Å². The first kappa shape index (κ1) is 11.4. The molecule has 70 valence electrons. The third-order valence-electron chi connectivity index (χ3n) is 1.95. The Bertz CT molecular complexity index is 139. The van der Waals surface area contributed by atoms with Crippen LogP contribution in [0.4, 0.5) is 0 Å². The molecule has 0 amide bonds. The van der Waals surface area contributed by atoms with Crippen molar-refractivity contribution in [2.24, 2.45) is 5.92 Å². The highest BCUT2D eigenvalue weighted by Gasteiger charge is 2.18. The van der Waals surface area contributed by atoms with Gasteiger partial charge in [-0.3, -0.25) is 0 Å². The van der Waals surface area contributed by atoms with Gasteiger partial charge < -0.3 is 4.74 Å². The Kier molecular flexibility index (Phi) is 6.79. The summed E-state index contributed by atoms with van der Waals surface area (Å²) in [5, 5.41) is 8.37. The summed E-state index contributed by atoms with van der Waals surface area (Å²) in [7, 11) is 0. The quantitative estimate of drug-likeness (QED) is 0.604. The average molecular weight is 169 g/mol. The van der Waals surface area contributed by atoms with Crippen molar-refractivity contribution in [1.82, 2.24) is 0 Å². The molecule has 1 fully saturated rings. The van der Waals surface area contributed by atoms with Gasteiger partial charge >= 0.3 is 0 Å². The SMILES string of the molecule is CC.CC1CCOC(CC#N)C1. The maximum atomic E-state index is 8.37. The highest BCUT2D eigenvalue weighted by Crippen LogP contribution is 2.20. The Hall–Kier alpha value is -0.550. The van der Waals surface area contributed by atoms with Crippen molar-refractivity contribution in [2.45, 2.75) is 46.1 Å². The molecule has 12 heavy (non-hydrogen) atoms. The fourth-order valence-electron chi connectivity index (χ4n) is 1.31. The summed E-state index contributed by atoms with van der Waals surface area (Å²) < 4.78 is 5.37. The molecule has 0 radical (unpaired) electrons. The van der Waals surface area contributed by atoms with E-state index in [1.165, 1.54) is 0 Å². The number of hydrogen-bond donors (Lipinski definition) is 0. The predicted molar refractivity (Wildman–Crippen MR) is 49.7 cm³/mol. The van der Waals surface area contributed by atoms with Gasteiger partial charge in [-0.1, -0.05) is 20.8 Å². The molecule has 0 aromatic rings. The maximum Gasteiger partial charge on any atom is 0.0707 e. The van der Waals surface area contributed by atoms with Gasteiger partial charge in [0, 0.05) is 6.61 Å². The fraction of sp³-hybridized carbons (Fsp3) is 0.900. The molecule has 0 aromatic heterocycles. The molecule has 0 N–H and O–H groups in total. The Balaban J connectivity index is 0.000000561. The van der Waals surface area contributed by atoms with Crippen LogP contribution in [-0.4, -0.2) is 12.7 Å². The fourth-order valence-corrected chi connectivity index (χ4v) is 1.31. The minimum absolute atomic E-state index is 0.216. The Morgan fingerprint density at radius 2 is 2.17 bits per heavy atom. The van der Waals surface area contributed by atoms with Crippen molar-refractivity contribution in [3.63, 3.8) is 0 Å². The van der Waals surface area contributed by atoms with E-state index >= 15 is 0 Å². The summed E-state index contributed by atoms with van der Waals surface area (Å²) in [5.41, 5.74) is 0. The maximum absolute atomic E-state index is 8.37. The van der Waals surface area contributed by atoms with Gasteiger partial charge in [0.05, 0.1) is 18.6 Å². The largest absolute Gasteiger partial charge is 0.377 e. The molecule has 1 rings (SSSR count). The van der Waals surface area contributed by atoms with Crippen LogP contribution in [0, 0.1) is 17.2 Å². The first-order chi connectivity index (χ1) is 5.83. The predicted octanol–water partition coefficient (Wildman–Crippen LogP) is 2.74. The first-order valence-corrected chi connectivity index (χ1v) is 4.81. The summed E-state index contributed by atoms with van der Waals surface area (Å²) in [6, 6.07) is 2.13. The minimum Gasteiger partial charge on any atom is -0.377 e. The average Bonchev–Trinajstić information content (AvgIpc) is 2.09. The molecule has 0 bridgehead atoms. The molecule has 0 spiro atoms. The molecule has 1 aliphatic rings. The third-order valence-corrected chi connectivity index (χ3v) is 1.95. The lowest BCUT2D eigenvalue weighted by atomic mass is 9.96. The van der Waals surface area contributed by atoms with Crippen LogP contribution < -0.4 is 0 Å². The lowest BCUT2D eigenvalue weighted by Gasteiger charge is -2.25. The molecule has 1 heterocycles. The second-order valence-corrected chi connectivity index (χ2v) is 2.98. The van der Waals surface area contributed by atoms with Gasteiger partial charge in [-0.05, 0) is 18.8 Å². The first-order valence-electron chi connectivity index (χ1n) is 4.81. The molecule has 1 aliphatic heterocycles. The Morgan fingerprint density at radius 3 is 2.67 bits per heavy atom. The number of nitrogens with zero attached hydrogens (tertiary/aromatic N) is 1. The molecule has 0 aromatic carbocycles. The van der Waals surface area contributed by atoms with Gasteiger partial charge in [-0.25, -0.2) is 0 Å². The molecule has 0 aliphatic carbocycles. The molecular weight excluding hydrogens is 150 g/mol. The van der Waals surface area contributed by atoms with Gasteiger partial charge in [0.15, 0.2) is 0 Å². The van der Waals surface area contributed by atoms with E-state index in [1.807, 2.05) is 13.8 Å². The lowest BCUT2D eigenvalue weighted by molar-refractivity contribution is -0.00161.